The average Bonchev–Trinajstić information content (AvgIpc) is 2.45. The average molecular weight is 350 g/mol. The number of nitrogens with one attached hydrogen (secondary N) is 2. The van der Waals surface area contributed by atoms with Crippen LogP contribution >= 0.6 is 0 Å². The molecular formula is C14H8F6N2O2. The number of H-pyrrole nitrogens is 1. The smallest absolute Gasteiger partial charge is 0.329 e. The molecule has 0 bridgehead atoms. The number of aromatic nitrogens is 1. The molecule has 2 rings (SSSR count). The van der Waals surface area contributed by atoms with Gasteiger partial charge in [0.1, 0.15) is 5.82 Å². The number of halogens is 6. The number of hydrogen-bond donors (Lipinski definition) is 2. The van der Waals surface area contributed by atoms with Crippen molar-refractivity contribution in [2.24, 2.45) is 0 Å². The first-order chi connectivity index (χ1) is 11.0. The molecule has 0 saturated carbocycles. The van der Waals surface area contributed by atoms with E-state index in [0.717, 1.165) is 6.07 Å². The minimum absolute atomic E-state index is 0.00662. The van der Waals surface area contributed by atoms with Gasteiger partial charge in [-0.15, -0.1) is 0 Å². The van der Waals surface area contributed by atoms with E-state index in [4.69, 9.17) is 0 Å². The molecule has 1 amide bonds. The van der Waals surface area contributed by atoms with Crippen molar-refractivity contribution in [1.82, 2.24) is 4.98 Å². The van der Waals surface area contributed by atoms with E-state index in [0.29, 0.717) is 12.1 Å². The first-order valence-electron chi connectivity index (χ1n) is 6.27. The quantitative estimate of drug-likeness (QED) is 0.834. The van der Waals surface area contributed by atoms with Crippen LogP contribution in [0.1, 0.15) is 15.9 Å². The fourth-order valence-electron chi connectivity index (χ4n) is 1.78. The number of carbonyl (C=O) groups excluding carboxylic acids is 1. The fourth-order valence-corrected chi connectivity index (χ4v) is 1.78. The van der Waals surface area contributed by atoms with Gasteiger partial charge < -0.3 is 10.3 Å². The molecule has 1 aromatic heterocycles. The standard InChI is InChI=1S/C14H8F6N2O2/c15-10-5-7(13(16,17)14(18,19)20)1-2-9(10)12(24)22-8-3-4-21-11(23)6-8/h1-6H,(H2,21,22,23,24). The number of benzene rings is 1. The van der Waals surface area contributed by atoms with Gasteiger partial charge in [0.25, 0.3) is 5.91 Å². The summed E-state index contributed by atoms with van der Waals surface area (Å²) in [4.78, 5) is 25.1. The number of pyridine rings is 1. The first kappa shape index (κ1) is 17.6. The van der Waals surface area contributed by atoms with Gasteiger partial charge in [-0.1, -0.05) is 6.07 Å². The highest BCUT2D eigenvalue weighted by Gasteiger charge is 2.58. The second-order valence-electron chi connectivity index (χ2n) is 4.66. The van der Waals surface area contributed by atoms with Crippen molar-refractivity contribution in [2.45, 2.75) is 12.1 Å². The monoisotopic (exact) mass is 350 g/mol. The summed E-state index contributed by atoms with van der Waals surface area (Å²) in [7, 11) is 0. The van der Waals surface area contributed by atoms with E-state index >= 15 is 0 Å². The zero-order valence-corrected chi connectivity index (χ0v) is 11.5. The summed E-state index contributed by atoms with van der Waals surface area (Å²) in [5, 5.41) is 2.12. The van der Waals surface area contributed by atoms with Gasteiger partial charge >= 0.3 is 12.1 Å². The Morgan fingerprint density at radius 3 is 2.25 bits per heavy atom. The molecule has 2 aromatic rings. The molecule has 4 nitrogen and oxygen atoms in total. The molecule has 0 aliphatic heterocycles. The summed E-state index contributed by atoms with van der Waals surface area (Å²) in [6, 6.07) is 3.00. The summed E-state index contributed by atoms with van der Waals surface area (Å²) >= 11 is 0. The van der Waals surface area contributed by atoms with Crippen LogP contribution in [0.15, 0.2) is 41.3 Å². The molecule has 0 radical (unpaired) electrons. The molecule has 0 aliphatic rings. The van der Waals surface area contributed by atoms with Crippen LogP contribution in [0.3, 0.4) is 0 Å². The molecule has 0 atom stereocenters. The van der Waals surface area contributed by atoms with Crippen molar-refractivity contribution >= 4 is 11.6 Å². The zero-order chi connectivity index (χ0) is 18.1. The molecule has 0 fully saturated rings. The van der Waals surface area contributed by atoms with E-state index in [1.54, 1.807) is 0 Å². The summed E-state index contributed by atoms with van der Waals surface area (Å²) in [6.45, 7) is 0. The molecule has 0 spiro atoms. The number of aromatic amines is 1. The van der Waals surface area contributed by atoms with Crippen molar-refractivity contribution in [1.29, 1.82) is 0 Å². The van der Waals surface area contributed by atoms with E-state index in [2.05, 4.69) is 10.3 Å². The van der Waals surface area contributed by atoms with Gasteiger partial charge in [-0.05, 0) is 18.2 Å². The van der Waals surface area contributed by atoms with Crippen LogP contribution < -0.4 is 10.9 Å². The lowest BCUT2D eigenvalue weighted by molar-refractivity contribution is -0.289. The molecule has 1 heterocycles. The highest BCUT2D eigenvalue weighted by molar-refractivity contribution is 6.04. The number of carbonyl (C=O) groups is 1. The highest BCUT2D eigenvalue weighted by Crippen LogP contribution is 2.44. The van der Waals surface area contributed by atoms with Crippen molar-refractivity contribution in [3.63, 3.8) is 0 Å². The van der Waals surface area contributed by atoms with Crippen LogP contribution in [0.4, 0.5) is 32.0 Å². The number of rotatable bonds is 3. The van der Waals surface area contributed by atoms with Crippen molar-refractivity contribution in [3.05, 3.63) is 63.8 Å². The van der Waals surface area contributed by atoms with E-state index < -0.39 is 40.5 Å². The number of anilines is 1. The van der Waals surface area contributed by atoms with Crippen LogP contribution in [0, 0.1) is 5.82 Å². The van der Waals surface area contributed by atoms with E-state index in [1.807, 2.05) is 0 Å². The van der Waals surface area contributed by atoms with Crippen LogP contribution in [-0.4, -0.2) is 17.1 Å². The van der Waals surface area contributed by atoms with E-state index in [-0.39, 0.29) is 11.8 Å². The van der Waals surface area contributed by atoms with E-state index in [9.17, 15) is 35.9 Å². The summed E-state index contributed by atoms with van der Waals surface area (Å²) in [5.74, 6) is -7.92. The maximum Gasteiger partial charge on any atom is 0.458 e. The third kappa shape index (κ3) is 3.42. The molecule has 24 heavy (non-hydrogen) atoms. The maximum atomic E-state index is 13.8. The van der Waals surface area contributed by atoms with E-state index in [1.165, 1.54) is 12.3 Å². The molecule has 0 aliphatic carbocycles. The van der Waals surface area contributed by atoms with Crippen molar-refractivity contribution < 1.29 is 31.1 Å². The number of alkyl halides is 5. The number of hydrogen-bond acceptors (Lipinski definition) is 2. The normalized spacial score (nSPS) is 12.1. The molecule has 0 unspecified atom stereocenters. The largest absolute Gasteiger partial charge is 0.458 e. The van der Waals surface area contributed by atoms with Crippen molar-refractivity contribution in [2.75, 3.05) is 5.32 Å². The lowest BCUT2D eigenvalue weighted by atomic mass is 10.0. The SMILES string of the molecule is O=C(Nc1cc[nH]c(=O)c1)c1ccc(C(F)(F)C(F)(F)F)cc1F. The van der Waals surface area contributed by atoms with Gasteiger partial charge in [-0.3, -0.25) is 9.59 Å². The molecule has 10 heteroatoms. The third-order valence-electron chi connectivity index (χ3n) is 2.97. The van der Waals surface area contributed by atoms with Crippen LogP contribution in [0.25, 0.3) is 0 Å². The highest BCUT2D eigenvalue weighted by atomic mass is 19.4. The van der Waals surface area contributed by atoms with Gasteiger partial charge in [0.05, 0.1) is 5.56 Å². The minimum atomic E-state index is -5.89. The Morgan fingerprint density at radius 2 is 1.71 bits per heavy atom. The molecule has 1 aromatic carbocycles. The van der Waals surface area contributed by atoms with Gasteiger partial charge in [0.15, 0.2) is 0 Å². The van der Waals surface area contributed by atoms with Crippen LogP contribution in [0.2, 0.25) is 0 Å². The first-order valence-corrected chi connectivity index (χ1v) is 6.27. The Labute approximate surface area is 130 Å². The Bertz CT molecular complexity index is 828. The predicted molar refractivity (Wildman–Crippen MR) is 71.4 cm³/mol. The topological polar surface area (TPSA) is 62.0 Å². The molecule has 128 valence electrons. The Balaban J connectivity index is 2.30. The summed E-state index contributed by atoms with van der Waals surface area (Å²) in [6.07, 6.45) is -4.70. The molecule has 2 N–H and O–H groups in total. The fraction of sp³-hybridized carbons (Fsp3) is 0.143. The number of amides is 1. The minimum Gasteiger partial charge on any atom is -0.329 e. The predicted octanol–water partition coefficient (Wildman–Crippen LogP) is 3.42. The Morgan fingerprint density at radius 1 is 1.04 bits per heavy atom. The second kappa shape index (κ2) is 6.02. The maximum absolute atomic E-state index is 13.8. The third-order valence-corrected chi connectivity index (χ3v) is 2.97. The lowest BCUT2D eigenvalue weighted by Gasteiger charge is -2.20. The molecular weight excluding hydrogens is 342 g/mol. The van der Waals surface area contributed by atoms with Crippen molar-refractivity contribution in [3.8, 4) is 0 Å². The second-order valence-corrected chi connectivity index (χ2v) is 4.66. The van der Waals surface area contributed by atoms with Gasteiger partial charge in [-0.25, -0.2) is 4.39 Å². The summed E-state index contributed by atoms with van der Waals surface area (Å²) < 4.78 is 76.8. The van der Waals surface area contributed by atoms with Crippen LogP contribution in [-0.2, 0) is 5.92 Å². The van der Waals surface area contributed by atoms with Gasteiger partial charge in [0, 0.05) is 23.5 Å². The summed E-state index contributed by atoms with van der Waals surface area (Å²) in [5.41, 5.74) is -2.95. The lowest BCUT2D eigenvalue weighted by Crippen LogP contribution is -2.33. The van der Waals surface area contributed by atoms with Gasteiger partial charge in [-0.2, -0.15) is 22.0 Å². The van der Waals surface area contributed by atoms with Crippen LogP contribution in [0.5, 0.6) is 0 Å². The Hall–Kier alpha value is -2.78. The zero-order valence-electron chi connectivity index (χ0n) is 11.5. The molecule has 0 saturated heterocycles. The Kier molecular flexibility index (Phi) is 4.41. The van der Waals surface area contributed by atoms with Gasteiger partial charge in [0.2, 0.25) is 5.56 Å².